The van der Waals surface area contributed by atoms with Crippen molar-refractivity contribution < 1.29 is 9.53 Å². The Hall–Kier alpha value is -2.67. The summed E-state index contributed by atoms with van der Waals surface area (Å²) in [7, 11) is 0. The fourth-order valence-electron chi connectivity index (χ4n) is 4.29. The Kier molecular flexibility index (Phi) is 5.67. The van der Waals surface area contributed by atoms with Crippen molar-refractivity contribution in [3.63, 3.8) is 0 Å². The van der Waals surface area contributed by atoms with Gasteiger partial charge in [0.1, 0.15) is 11.8 Å². The fraction of sp³-hybridized carbons (Fsp3) is 0.550. The first-order chi connectivity index (χ1) is 14.1. The first-order valence-corrected chi connectivity index (χ1v) is 10.1. The Labute approximate surface area is 170 Å². The van der Waals surface area contributed by atoms with Gasteiger partial charge < -0.3 is 20.3 Å². The average molecular weight is 397 g/mol. The summed E-state index contributed by atoms with van der Waals surface area (Å²) in [5, 5.41) is 13.6. The molecule has 2 aromatic heterocycles. The highest BCUT2D eigenvalue weighted by Crippen LogP contribution is 2.26. The predicted molar refractivity (Wildman–Crippen MR) is 109 cm³/mol. The Balaban J connectivity index is 1.44. The molecule has 1 amide bonds. The molecular weight excluding hydrogens is 370 g/mol. The van der Waals surface area contributed by atoms with E-state index in [2.05, 4.69) is 27.9 Å². The van der Waals surface area contributed by atoms with Gasteiger partial charge in [0.05, 0.1) is 36.2 Å². The van der Waals surface area contributed by atoms with Crippen LogP contribution in [0.25, 0.3) is 5.52 Å². The van der Waals surface area contributed by atoms with Gasteiger partial charge in [0, 0.05) is 45.8 Å². The summed E-state index contributed by atoms with van der Waals surface area (Å²) in [5.41, 5.74) is 8.00. The van der Waals surface area contributed by atoms with E-state index in [1.54, 1.807) is 10.7 Å². The molecule has 2 aliphatic heterocycles. The second kappa shape index (κ2) is 8.37. The van der Waals surface area contributed by atoms with E-state index in [4.69, 9.17) is 10.5 Å². The van der Waals surface area contributed by atoms with Crippen molar-refractivity contribution in [1.29, 1.82) is 5.26 Å². The molecule has 2 N–H and O–H groups in total. The van der Waals surface area contributed by atoms with Gasteiger partial charge in [-0.05, 0) is 25.1 Å². The highest BCUT2D eigenvalue weighted by Gasteiger charge is 2.30. The molecule has 2 aromatic rings. The number of fused-ring (bicyclic) bond motifs is 1. The lowest BCUT2D eigenvalue weighted by molar-refractivity contribution is -0.131. The lowest BCUT2D eigenvalue weighted by Crippen LogP contribution is -2.55. The van der Waals surface area contributed by atoms with E-state index in [1.165, 1.54) is 0 Å². The number of pyridine rings is 1. The quantitative estimate of drug-likeness (QED) is 0.769. The monoisotopic (exact) mass is 397 g/mol. The van der Waals surface area contributed by atoms with Crippen LogP contribution in [0, 0.1) is 11.3 Å². The van der Waals surface area contributed by atoms with Gasteiger partial charge in [0.15, 0.2) is 0 Å². The Morgan fingerprint density at radius 1 is 1.28 bits per heavy atom. The SMILES string of the molecule is C[C@@H]1CN(c2ccc(C#N)n3nccc23)C[C@H](CN2CCN(C(=O)CN)CC2)O1. The lowest BCUT2D eigenvalue weighted by Gasteiger charge is -2.42. The van der Waals surface area contributed by atoms with Crippen LogP contribution in [0.3, 0.4) is 0 Å². The van der Waals surface area contributed by atoms with Crippen molar-refractivity contribution in [3.8, 4) is 6.07 Å². The van der Waals surface area contributed by atoms with Crippen molar-refractivity contribution in [2.75, 3.05) is 57.3 Å². The zero-order valence-electron chi connectivity index (χ0n) is 16.7. The molecule has 0 saturated carbocycles. The molecule has 0 aliphatic carbocycles. The maximum absolute atomic E-state index is 11.8. The molecular formula is C20H27N7O2. The highest BCUT2D eigenvalue weighted by molar-refractivity contribution is 5.78. The highest BCUT2D eigenvalue weighted by atomic mass is 16.5. The molecule has 0 radical (unpaired) electrons. The molecule has 2 saturated heterocycles. The van der Waals surface area contributed by atoms with Gasteiger partial charge in [-0.25, -0.2) is 4.52 Å². The van der Waals surface area contributed by atoms with Gasteiger partial charge in [0.2, 0.25) is 5.91 Å². The molecule has 0 unspecified atom stereocenters. The zero-order valence-corrected chi connectivity index (χ0v) is 16.7. The summed E-state index contributed by atoms with van der Waals surface area (Å²) < 4.78 is 7.91. The number of hydrogen-bond acceptors (Lipinski definition) is 7. The van der Waals surface area contributed by atoms with E-state index < -0.39 is 0 Å². The summed E-state index contributed by atoms with van der Waals surface area (Å²) in [4.78, 5) is 18.3. The van der Waals surface area contributed by atoms with E-state index in [-0.39, 0.29) is 24.7 Å². The summed E-state index contributed by atoms with van der Waals surface area (Å²) in [6.45, 7) is 7.67. The van der Waals surface area contributed by atoms with Crippen LogP contribution in [0.1, 0.15) is 12.6 Å². The van der Waals surface area contributed by atoms with E-state index >= 15 is 0 Å². The van der Waals surface area contributed by atoms with Crippen LogP contribution in [0.4, 0.5) is 5.69 Å². The van der Waals surface area contributed by atoms with Crippen LogP contribution >= 0.6 is 0 Å². The van der Waals surface area contributed by atoms with E-state index in [0.717, 1.165) is 43.9 Å². The van der Waals surface area contributed by atoms with E-state index in [9.17, 15) is 10.1 Å². The Morgan fingerprint density at radius 2 is 2.07 bits per heavy atom. The van der Waals surface area contributed by atoms with Crippen LogP contribution in [-0.2, 0) is 9.53 Å². The minimum absolute atomic E-state index is 0.0176. The predicted octanol–water partition coefficient (Wildman–Crippen LogP) is -0.0974. The van der Waals surface area contributed by atoms with Gasteiger partial charge in [-0.3, -0.25) is 9.69 Å². The third kappa shape index (κ3) is 4.05. The number of nitrogens with two attached hydrogens (primary N) is 1. The number of carbonyl (C=O) groups excluding carboxylic acids is 1. The topological polar surface area (TPSA) is 103 Å². The number of ether oxygens (including phenoxy) is 1. The largest absolute Gasteiger partial charge is 0.370 e. The molecule has 29 heavy (non-hydrogen) atoms. The Morgan fingerprint density at radius 3 is 2.79 bits per heavy atom. The van der Waals surface area contributed by atoms with Crippen LogP contribution in [0.5, 0.6) is 0 Å². The van der Waals surface area contributed by atoms with Crippen molar-refractivity contribution in [2.45, 2.75) is 19.1 Å². The number of nitrogens with zero attached hydrogens (tertiary/aromatic N) is 6. The number of nitriles is 1. The summed E-state index contributed by atoms with van der Waals surface area (Å²) in [6, 6.07) is 7.95. The molecule has 9 nitrogen and oxygen atoms in total. The van der Waals surface area contributed by atoms with Gasteiger partial charge in [0.25, 0.3) is 0 Å². The second-order valence-corrected chi connectivity index (χ2v) is 7.70. The third-order valence-electron chi connectivity index (χ3n) is 5.68. The van der Waals surface area contributed by atoms with E-state index in [1.807, 2.05) is 23.1 Å². The zero-order chi connectivity index (χ0) is 20.4. The second-order valence-electron chi connectivity index (χ2n) is 7.70. The van der Waals surface area contributed by atoms with Crippen LogP contribution < -0.4 is 10.6 Å². The number of hydrogen-bond donors (Lipinski definition) is 1. The fourth-order valence-corrected chi connectivity index (χ4v) is 4.29. The molecule has 2 aliphatic rings. The molecule has 4 rings (SSSR count). The number of aromatic nitrogens is 2. The lowest BCUT2D eigenvalue weighted by atomic mass is 10.1. The normalized spacial score (nSPS) is 23.3. The first kappa shape index (κ1) is 19.6. The van der Waals surface area contributed by atoms with Crippen LogP contribution in [-0.4, -0.2) is 89.9 Å². The van der Waals surface area contributed by atoms with Gasteiger partial charge >= 0.3 is 0 Å². The summed E-state index contributed by atoms with van der Waals surface area (Å²) in [6.07, 6.45) is 1.91. The maximum atomic E-state index is 11.8. The third-order valence-corrected chi connectivity index (χ3v) is 5.68. The number of rotatable bonds is 4. The standard InChI is InChI=1S/C20H27N7O2/c1-15-12-26(18-3-2-16(10-21)27-19(18)4-5-23-27)14-17(29-15)13-24-6-8-25(9-7-24)20(28)11-22/h2-5,15,17H,6-9,11-14,22H2,1H3/t15-,17+/m1/s1. The molecule has 0 bridgehead atoms. The molecule has 0 spiro atoms. The van der Waals surface area contributed by atoms with E-state index in [0.29, 0.717) is 18.8 Å². The van der Waals surface area contributed by atoms with Crippen molar-refractivity contribution >= 4 is 17.1 Å². The molecule has 0 aromatic carbocycles. The first-order valence-electron chi connectivity index (χ1n) is 10.1. The van der Waals surface area contributed by atoms with Crippen LogP contribution in [0.15, 0.2) is 24.4 Å². The molecule has 4 heterocycles. The number of piperazine rings is 1. The number of morpholine rings is 1. The number of anilines is 1. The smallest absolute Gasteiger partial charge is 0.236 e. The molecule has 2 fully saturated rings. The molecule has 2 atom stereocenters. The Bertz CT molecular complexity index is 913. The van der Waals surface area contributed by atoms with Crippen molar-refractivity contribution in [1.82, 2.24) is 19.4 Å². The molecule has 154 valence electrons. The molecule has 9 heteroatoms. The van der Waals surface area contributed by atoms with Crippen molar-refractivity contribution in [2.24, 2.45) is 5.73 Å². The minimum atomic E-state index is 0.0176. The van der Waals surface area contributed by atoms with Crippen molar-refractivity contribution in [3.05, 3.63) is 30.1 Å². The number of carbonyl (C=O) groups is 1. The van der Waals surface area contributed by atoms with Gasteiger partial charge in [-0.2, -0.15) is 10.4 Å². The average Bonchev–Trinajstić information content (AvgIpc) is 3.22. The number of amides is 1. The van der Waals surface area contributed by atoms with Gasteiger partial charge in [-0.15, -0.1) is 0 Å². The summed E-state index contributed by atoms with van der Waals surface area (Å²) in [5.74, 6) is 0.0176. The van der Waals surface area contributed by atoms with Gasteiger partial charge in [-0.1, -0.05) is 0 Å². The minimum Gasteiger partial charge on any atom is -0.370 e. The van der Waals surface area contributed by atoms with Crippen LogP contribution in [0.2, 0.25) is 0 Å². The summed E-state index contributed by atoms with van der Waals surface area (Å²) >= 11 is 0. The maximum Gasteiger partial charge on any atom is 0.236 e.